The fourth-order valence-corrected chi connectivity index (χ4v) is 4.32. The van der Waals surface area contributed by atoms with Gasteiger partial charge in [0.05, 0.1) is 0 Å². The molecule has 2 rings (SSSR count). The van der Waals surface area contributed by atoms with Gasteiger partial charge in [-0.3, -0.25) is 0 Å². The Kier molecular flexibility index (Phi) is 17.1. The van der Waals surface area contributed by atoms with Gasteiger partial charge in [0, 0.05) is 22.2 Å². The summed E-state index contributed by atoms with van der Waals surface area (Å²) in [5.41, 5.74) is 2.96. The molecular weight excluding hydrogens is 505 g/mol. The minimum Gasteiger partial charge on any atom is -0.224 e. The van der Waals surface area contributed by atoms with Crippen LogP contribution >= 0.6 is 0 Å². The molecule has 0 N–H and O–H groups in total. The molecule has 0 aliphatic carbocycles. The Balaban J connectivity index is 0.00000363. The summed E-state index contributed by atoms with van der Waals surface area (Å²) in [5, 5.41) is 0. The molecule has 0 bridgehead atoms. The zero-order valence-electron chi connectivity index (χ0n) is 25.8. The lowest BCUT2D eigenvalue weighted by Crippen LogP contribution is -2.25. The first kappa shape index (κ1) is 36.5. The van der Waals surface area contributed by atoms with Crippen LogP contribution in [0.2, 0.25) is 0 Å². The second-order valence-corrected chi connectivity index (χ2v) is 9.12. The molecule has 0 amide bonds. The Labute approximate surface area is 240 Å². The average Bonchev–Trinajstić information content (AvgIpc) is 2.92. The first-order valence-corrected chi connectivity index (χ1v) is 14.1. The summed E-state index contributed by atoms with van der Waals surface area (Å²) in [7, 11) is 0. The quantitative estimate of drug-likeness (QED) is 0.205. The van der Waals surface area contributed by atoms with Gasteiger partial charge in [0.25, 0.3) is 0 Å². The van der Waals surface area contributed by atoms with Crippen LogP contribution in [0.25, 0.3) is 11.1 Å². The molecule has 0 aromatic carbocycles. The highest BCUT2D eigenvalue weighted by atomic mass is 19.1. The van der Waals surface area contributed by atoms with E-state index in [0.29, 0.717) is 28.8 Å². The third-order valence-electron chi connectivity index (χ3n) is 6.11. The van der Waals surface area contributed by atoms with Crippen LogP contribution in [0.5, 0.6) is 0 Å². The zero-order chi connectivity index (χ0) is 30.9. The standard InChI is InChI=1S/C31H35F3N2.2C2H6/c1-8-11-14-16-21(4)28-22(5)35-26(32)19-24(28)31(6,7)25-20-27(33)36-30(34)29(25)23(17-13-10-3)18-15-12-9-2;2*1-2/h8-9,11-12,14-16,18-20H,1-2,10,13,17H2,3-7H3;2*1-2H3/b14-11-,15-12-,21-16+,23-18+;;. The van der Waals surface area contributed by atoms with Crippen molar-refractivity contribution in [2.45, 2.75) is 87.0 Å². The second kappa shape index (κ2) is 18.8. The van der Waals surface area contributed by atoms with E-state index in [1.807, 2.05) is 67.5 Å². The molecule has 2 aromatic rings. The summed E-state index contributed by atoms with van der Waals surface area (Å²) in [6.45, 7) is 24.7. The fraction of sp³-hybridized carbons (Fsp3) is 0.371. The van der Waals surface area contributed by atoms with Gasteiger partial charge in [-0.1, -0.05) is 117 Å². The van der Waals surface area contributed by atoms with Crippen molar-refractivity contribution in [1.82, 2.24) is 9.97 Å². The molecule has 218 valence electrons. The Morgan fingerprint density at radius 3 is 1.85 bits per heavy atom. The fourth-order valence-electron chi connectivity index (χ4n) is 4.32. The minimum atomic E-state index is -0.992. The number of rotatable bonds is 11. The lowest BCUT2D eigenvalue weighted by atomic mass is 9.72. The van der Waals surface area contributed by atoms with Gasteiger partial charge in [-0.2, -0.15) is 18.2 Å². The minimum absolute atomic E-state index is 0.234. The first-order valence-electron chi connectivity index (χ1n) is 14.1. The van der Waals surface area contributed by atoms with E-state index in [0.717, 1.165) is 24.0 Å². The van der Waals surface area contributed by atoms with E-state index in [4.69, 9.17) is 0 Å². The molecule has 2 nitrogen and oxygen atoms in total. The number of unbranched alkanes of at least 4 members (excludes halogenated alkanes) is 1. The molecule has 0 radical (unpaired) electrons. The van der Waals surface area contributed by atoms with Crippen molar-refractivity contribution in [2.75, 3.05) is 0 Å². The molecule has 5 heteroatoms. The van der Waals surface area contributed by atoms with E-state index in [1.54, 1.807) is 43.4 Å². The maximum Gasteiger partial charge on any atom is 0.223 e. The van der Waals surface area contributed by atoms with Crippen LogP contribution in [0.1, 0.15) is 103 Å². The Hall–Kier alpha value is -3.47. The van der Waals surface area contributed by atoms with Crippen LogP contribution in [0, 0.1) is 24.8 Å². The number of aryl methyl sites for hydroxylation is 1. The lowest BCUT2D eigenvalue weighted by molar-refractivity contribution is 0.494. The molecule has 0 unspecified atom stereocenters. The Morgan fingerprint density at radius 2 is 1.32 bits per heavy atom. The number of hydrogen-bond acceptors (Lipinski definition) is 2. The number of pyridine rings is 2. The predicted molar refractivity (Wildman–Crippen MR) is 168 cm³/mol. The van der Waals surface area contributed by atoms with Gasteiger partial charge in [0.1, 0.15) is 0 Å². The van der Waals surface area contributed by atoms with Crippen molar-refractivity contribution in [3.8, 4) is 0 Å². The third kappa shape index (κ3) is 9.93. The van der Waals surface area contributed by atoms with Crippen molar-refractivity contribution >= 4 is 11.1 Å². The normalized spacial score (nSPS) is 12.1. The molecular formula is C35H47F3N2. The average molecular weight is 553 g/mol. The van der Waals surface area contributed by atoms with Crippen LogP contribution in [0.15, 0.2) is 73.9 Å². The SMILES string of the molecule is C=C/C=C\C=C(/C)c1c(C(C)(C)c2cc(F)nc(F)c2/C(=C/C=C\C=C)CCCC)cc(F)nc1C.CC.CC. The second-order valence-electron chi connectivity index (χ2n) is 9.12. The molecule has 40 heavy (non-hydrogen) atoms. The maximum atomic E-state index is 15.4. The lowest BCUT2D eigenvalue weighted by Gasteiger charge is -2.32. The molecule has 0 saturated heterocycles. The molecule has 0 fully saturated rings. The smallest absolute Gasteiger partial charge is 0.223 e. The van der Waals surface area contributed by atoms with Gasteiger partial charge in [0.15, 0.2) is 0 Å². The van der Waals surface area contributed by atoms with E-state index >= 15 is 4.39 Å². The topological polar surface area (TPSA) is 25.8 Å². The van der Waals surface area contributed by atoms with Crippen LogP contribution in [0.4, 0.5) is 13.2 Å². The Morgan fingerprint density at radius 1 is 0.825 bits per heavy atom. The summed E-state index contributed by atoms with van der Waals surface area (Å²) in [4.78, 5) is 7.54. The van der Waals surface area contributed by atoms with Gasteiger partial charge < -0.3 is 0 Å². The van der Waals surface area contributed by atoms with Crippen LogP contribution in [-0.4, -0.2) is 9.97 Å². The molecule has 0 atom stereocenters. The third-order valence-corrected chi connectivity index (χ3v) is 6.11. The summed E-state index contributed by atoms with van der Waals surface area (Å²) in [5.74, 6) is -2.47. The largest absolute Gasteiger partial charge is 0.224 e. The van der Waals surface area contributed by atoms with Crippen molar-refractivity contribution in [3.05, 3.63) is 120 Å². The molecule has 0 spiro atoms. The van der Waals surface area contributed by atoms with Crippen molar-refractivity contribution < 1.29 is 13.2 Å². The van der Waals surface area contributed by atoms with Crippen LogP contribution < -0.4 is 0 Å². The van der Waals surface area contributed by atoms with Gasteiger partial charge >= 0.3 is 0 Å². The van der Waals surface area contributed by atoms with Crippen molar-refractivity contribution in [1.29, 1.82) is 0 Å². The maximum absolute atomic E-state index is 15.4. The van der Waals surface area contributed by atoms with E-state index < -0.39 is 23.3 Å². The highest BCUT2D eigenvalue weighted by Crippen LogP contribution is 2.42. The van der Waals surface area contributed by atoms with E-state index in [-0.39, 0.29) is 5.56 Å². The number of halogens is 3. The number of aromatic nitrogens is 2. The van der Waals surface area contributed by atoms with Crippen LogP contribution in [-0.2, 0) is 5.41 Å². The predicted octanol–water partition coefficient (Wildman–Crippen LogP) is 11.0. The summed E-state index contributed by atoms with van der Waals surface area (Å²) >= 11 is 0. The van der Waals surface area contributed by atoms with E-state index in [2.05, 4.69) is 23.1 Å². The Bertz CT molecular complexity index is 1230. The summed E-state index contributed by atoms with van der Waals surface area (Å²) in [6, 6.07) is 2.60. The highest BCUT2D eigenvalue weighted by molar-refractivity contribution is 5.75. The monoisotopic (exact) mass is 552 g/mol. The number of allylic oxidation sites excluding steroid dienone is 10. The van der Waals surface area contributed by atoms with Crippen molar-refractivity contribution in [2.24, 2.45) is 0 Å². The first-order chi connectivity index (χ1) is 19.1. The van der Waals surface area contributed by atoms with E-state index in [9.17, 15) is 8.78 Å². The molecule has 0 saturated carbocycles. The number of hydrogen-bond donors (Lipinski definition) is 0. The molecule has 2 aromatic heterocycles. The van der Waals surface area contributed by atoms with E-state index in [1.165, 1.54) is 12.1 Å². The molecule has 2 heterocycles. The van der Waals surface area contributed by atoms with Crippen molar-refractivity contribution in [3.63, 3.8) is 0 Å². The molecule has 0 aliphatic rings. The van der Waals surface area contributed by atoms with Gasteiger partial charge in [-0.25, -0.2) is 4.98 Å². The highest BCUT2D eigenvalue weighted by Gasteiger charge is 2.33. The summed E-state index contributed by atoms with van der Waals surface area (Å²) < 4.78 is 44.7. The van der Waals surface area contributed by atoms with Gasteiger partial charge in [0.2, 0.25) is 17.8 Å². The van der Waals surface area contributed by atoms with Gasteiger partial charge in [-0.05, 0) is 61.1 Å². The van der Waals surface area contributed by atoms with Crippen LogP contribution in [0.3, 0.4) is 0 Å². The molecule has 0 aliphatic heterocycles. The summed E-state index contributed by atoms with van der Waals surface area (Å²) in [6.07, 6.45) is 16.4. The van der Waals surface area contributed by atoms with Gasteiger partial charge in [-0.15, -0.1) is 0 Å². The zero-order valence-corrected chi connectivity index (χ0v) is 25.8. The number of nitrogens with zero attached hydrogens (tertiary/aromatic N) is 2.